The summed E-state index contributed by atoms with van der Waals surface area (Å²) in [6.07, 6.45) is 2.09. The van der Waals surface area contributed by atoms with E-state index in [2.05, 4.69) is 25.9 Å². The van der Waals surface area contributed by atoms with E-state index >= 15 is 0 Å². The number of imidazole rings is 1. The number of aromatic hydroxyl groups is 1. The van der Waals surface area contributed by atoms with Crippen molar-refractivity contribution in [3.05, 3.63) is 46.3 Å². The van der Waals surface area contributed by atoms with Gasteiger partial charge in [-0.2, -0.15) is 0 Å². The summed E-state index contributed by atoms with van der Waals surface area (Å²) in [5, 5.41) is 9.07. The summed E-state index contributed by atoms with van der Waals surface area (Å²) < 4.78 is 1.05. The maximum Gasteiger partial charge on any atom is 0.208 e. The number of aromatic amines is 1. The average Bonchev–Trinajstić information content (AvgIpc) is 2.56. The van der Waals surface area contributed by atoms with Crippen molar-refractivity contribution in [3.63, 3.8) is 0 Å². The third-order valence-electron chi connectivity index (χ3n) is 1.93. The van der Waals surface area contributed by atoms with Gasteiger partial charge in [-0.25, -0.2) is 4.98 Å². The first kappa shape index (κ1) is 9.27. The van der Waals surface area contributed by atoms with E-state index in [0.717, 1.165) is 15.9 Å². The molecule has 4 heteroatoms. The molecule has 1 aromatic carbocycles. The van der Waals surface area contributed by atoms with Gasteiger partial charge in [-0.05, 0) is 11.6 Å². The highest BCUT2D eigenvalue weighted by Gasteiger charge is 2.03. The molecule has 14 heavy (non-hydrogen) atoms. The Hall–Kier alpha value is -1.29. The van der Waals surface area contributed by atoms with Crippen molar-refractivity contribution in [1.29, 1.82) is 0 Å². The fraction of sp³-hybridized carbons (Fsp3) is 0.100. The van der Waals surface area contributed by atoms with Gasteiger partial charge in [0.15, 0.2) is 0 Å². The summed E-state index contributed by atoms with van der Waals surface area (Å²) in [4.78, 5) is 6.80. The molecule has 0 aliphatic carbocycles. The molecule has 0 aliphatic rings. The number of benzene rings is 1. The smallest absolute Gasteiger partial charge is 0.208 e. The van der Waals surface area contributed by atoms with E-state index in [9.17, 15) is 0 Å². The Kier molecular flexibility index (Phi) is 2.54. The molecule has 2 rings (SSSR count). The molecule has 0 unspecified atom stereocenters. The van der Waals surface area contributed by atoms with E-state index < -0.39 is 0 Å². The normalized spacial score (nSPS) is 10.4. The third kappa shape index (κ3) is 1.96. The standard InChI is InChI=1S/C10H9BrN2O/c11-8-4-2-1-3-7(8)5-9-12-6-10(14)13-9/h1-4,6,14H,5H2,(H,12,13). The van der Waals surface area contributed by atoms with Crippen LogP contribution < -0.4 is 0 Å². The minimum atomic E-state index is 0.104. The molecule has 0 fully saturated rings. The van der Waals surface area contributed by atoms with Gasteiger partial charge in [-0.15, -0.1) is 0 Å². The van der Waals surface area contributed by atoms with E-state index in [1.807, 2.05) is 24.3 Å². The minimum absolute atomic E-state index is 0.104. The fourth-order valence-corrected chi connectivity index (χ4v) is 1.69. The van der Waals surface area contributed by atoms with Gasteiger partial charge in [-0.3, -0.25) is 0 Å². The molecule has 2 N–H and O–H groups in total. The molecule has 0 bridgehead atoms. The number of nitrogens with zero attached hydrogens (tertiary/aromatic N) is 1. The Morgan fingerprint density at radius 1 is 1.36 bits per heavy atom. The summed E-state index contributed by atoms with van der Waals surface area (Å²) in [5.41, 5.74) is 1.14. The molecule has 0 radical (unpaired) electrons. The van der Waals surface area contributed by atoms with Crippen molar-refractivity contribution in [3.8, 4) is 5.88 Å². The number of halogens is 1. The summed E-state index contributed by atoms with van der Waals surface area (Å²) in [5.74, 6) is 0.862. The number of H-pyrrole nitrogens is 1. The van der Waals surface area contributed by atoms with Crippen molar-refractivity contribution in [2.75, 3.05) is 0 Å². The highest BCUT2D eigenvalue weighted by atomic mass is 79.9. The zero-order chi connectivity index (χ0) is 9.97. The zero-order valence-electron chi connectivity index (χ0n) is 7.37. The number of hydrogen-bond acceptors (Lipinski definition) is 2. The van der Waals surface area contributed by atoms with Crippen LogP contribution in [0.3, 0.4) is 0 Å². The molecule has 0 saturated carbocycles. The van der Waals surface area contributed by atoms with E-state index in [1.54, 1.807) is 0 Å². The molecule has 3 nitrogen and oxygen atoms in total. The Morgan fingerprint density at radius 3 is 2.79 bits per heavy atom. The topological polar surface area (TPSA) is 48.9 Å². The largest absolute Gasteiger partial charge is 0.493 e. The molecule has 0 atom stereocenters. The van der Waals surface area contributed by atoms with Gasteiger partial charge in [0.2, 0.25) is 5.88 Å². The molecule has 1 aromatic heterocycles. The maximum atomic E-state index is 9.07. The van der Waals surface area contributed by atoms with Gasteiger partial charge in [-0.1, -0.05) is 34.1 Å². The molecule has 0 aliphatic heterocycles. The highest BCUT2D eigenvalue weighted by Crippen LogP contribution is 2.18. The molecule has 2 aromatic rings. The van der Waals surface area contributed by atoms with Crippen LogP contribution in [0.4, 0.5) is 0 Å². The number of rotatable bonds is 2. The second-order valence-corrected chi connectivity index (χ2v) is 3.84. The zero-order valence-corrected chi connectivity index (χ0v) is 8.95. The molecule has 0 spiro atoms. The number of hydrogen-bond donors (Lipinski definition) is 2. The van der Waals surface area contributed by atoms with Crippen LogP contribution in [-0.4, -0.2) is 15.1 Å². The van der Waals surface area contributed by atoms with E-state index in [1.165, 1.54) is 6.20 Å². The van der Waals surface area contributed by atoms with Gasteiger partial charge >= 0.3 is 0 Å². The highest BCUT2D eigenvalue weighted by molar-refractivity contribution is 9.10. The summed E-state index contributed by atoms with van der Waals surface area (Å²) in [6, 6.07) is 7.94. The van der Waals surface area contributed by atoms with Crippen LogP contribution in [0.1, 0.15) is 11.4 Å². The Morgan fingerprint density at radius 2 is 2.14 bits per heavy atom. The van der Waals surface area contributed by atoms with Crippen LogP contribution in [0.5, 0.6) is 5.88 Å². The molecule has 1 heterocycles. The molecular formula is C10H9BrN2O. The second kappa shape index (κ2) is 3.84. The SMILES string of the molecule is Oc1cnc(Cc2ccccc2Br)[nH]1. The van der Waals surface area contributed by atoms with Crippen molar-refractivity contribution < 1.29 is 5.11 Å². The van der Waals surface area contributed by atoms with Crippen LogP contribution in [0, 0.1) is 0 Å². The van der Waals surface area contributed by atoms with Gasteiger partial charge in [0.05, 0.1) is 6.20 Å². The van der Waals surface area contributed by atoms with Crippen LogP contribution in [-0.2, 0) is 6.42 Å². The molecule has 0 amide bonds. The lowest BCUT2D eigenvalue weighted by Gasteiger charge is -2.00. The van der Waals surface area contributed by atoms with Gasteiger partial charge < -0.3 is 10.1 Å². The first-order valence-corrected chi connectivity index (χ1v) is 5.01. The van der Waals surface area contributed by atoms with Crippen molar-refractivity contribution in [2.45, 2.75) is 6.42 Å². The number of nitrogens with one attached hydrogen (secondary N) is 1. The Bertz CT molecular complexity index is 439. The van der Waals surface area contributed by atoms with E-state index in [-0.39, 0.29) is 5.88 Å². The Labute approximate surface area is 89.9 Å². The lowest BCUT2D eigenvalue weighted by molar-refractivity contribution is 0.455. The summed E-state index contributed by atoms with van der Waals surface area (Å²) in [7, 11) is 0. The average molecular weight is 253 g/mol. The first-order chi connectivity index (χ1) is 6.75. The summed E-state index contributed by atoms with van der Waals surface area (Å²) >= 11 is 3.46. The van der Waals surface area contributed by atoms with Gasteiger partial charge in [0, 0.05) is 10.9 Å². The quantitative estimate of drug-likeness (QED) is 0.863. The molecule has 72 valence electrons. The maximum absolute atomic E-state index is 9.07. The molecule has 0 saturated heterocycles. The van der Waals surface area contributed by atoms with Crippen LogP contribution in [0.25, 0.3) is 0 Å². The van der Waals surface area contributed by atoms with Gasteiger partial charge in [0.25, 0.3) is 0 Å². The number of aromatic nitrogens is 2. The second-order valence-electron chi connectivity index (χ2n) is 2.98. The first-order valence-electron chi connectivity index (χ1n) is 4.22. The lowest BCUT2D eigenvalue weighted by atomic mass is 10.1. The van der Waals surface area contributed by atoms with Crippen molar-refractivity contribution >= 4 is 15.9 Å². The predicted molar refractivity (Wildman–Crippen MR) is 57.2 cm³/mol. The van der Waals surface area contributed by atoms with E-state index in [0.29, 0.717) is 6.42 Å². The molecular weight excluding hydrogens is 244 g/mol. The van der Waals surface area contributed by atoms with Gasteiger partial charge in [0.1, 0.15) is 5.82 Å². The monoisotopic (exact) mass is 252 g/mol. The fourth-order valence-electron chi connectivity index (χ4n) is 1.26. The van der Waals surface area contributed by atoms with Crippen LogP contribution >= 0.6 is 15.9 Å². The lowest BCUT2D eigenvalue weighted by Crippen LogP contribution is -1.91. The Balaban J connectivity index is 2.23. The van der Waals surface area contributed by atoms with Crippen LogP contribution in [0.2, 0.25) is 0 Å². The summed E-state index contributed by atoms with van der Waals surface area (Å²) in [6.45, 7) is 0. The third-order valence-corrected chi connectivity index (χ3v) is 2.70. The van der Waals surface area contributed by atoms with Crippen LogP contribution in [0.15, 0.2) is 34.9 Å². The predicted octanol–water partition coefficient (Wildman–Crippen LogP) is 2.47. The van der Waals surface area contributed by atoms with E-state index in [4.69, 9.17) is 5.11 Å². The van der Waals surface area contributed by atoms with Crippen molar-refractivity contribution in [2.24, 2.45) is 0 Å². The van der Waals surface area contributed by atoms with Crippen molar-refractivity contribution in [1.82, 2.24) is 9.97 Å². The minimum Gasteiger partial charge on any atom is -0.493 e.